The van der Waals surface area contributed by atoms with Gasteiger partial charge in [-0.15, -0.1) is 0 Å². The Labute approximate surface area is 214 Å². The van der Waals surface area contributed by atoms with Crippen LogP contribution in [0.3, 0.4) is 0 Å². The number of aliphatic hydroxyl groups excluding tert-OH is 1. The van der Waals surface area contributed by atoms with Crippen LogP contribution in [0.2, 0.25) is 0 Å². The average Bonchev–Trinajstić information content (AvgIpc) is 3.15. The van der Waals surface area contributed by atoms with E-state index in [1.807, 2.05) is 38.1 Å². The third-order valence-electron chi connectivity index (χ3n) is 6.40. The monoisotopic (exact) mass is 494 g/mol. The molecule has 2 aromatic rings. The summed E-state index contributed by atoms with van der Waals surface area (Å²) in [6.45, 7) is 12.2. The van der Waals surface area contributed by atoms with Crippen molar-refractivity contribution in [2.75, 3.05) is 39.4 Å². The number of hydrogen-bond acceptors (Lipinski definition) is 6. The molecule has 1 aliphatic heterocycles. The van der Waals surface area contributed by atoms with Crippen LogP contribution in [0.25, 0.3) is 5.76 Å². The Morgan fingerprint density at radius 3 is 2.33 bits per heavy atom. The maximum atomic E-state index is 13.3. The molecule has 0 aliphatic carbocycles. The molecule has 0 bridgehead atoms. The van der Waals surface area contributed by atoms with Gasteiger partial charge in [-0.2, -0.15) is 0 Å². The molecule has 2 aromatic carbocycles. The van der Waals surface area contributed by atoms with E-state index in [9.17, 15) is 14.7 Å². The van der Waals surface area contributed by atoms with Crippen LogP contribution in [-0.2, 0) is 9.59 Å². The van der Waals surface area contributed by atoms with Gasteiger partial charge in [-0.05, 0) is 57.1 Å². The number of rotatable bonds is 13. The highest BCUT2D eigenvalue weighted by atomic mass is 16.5. The van der Waals surface area contributed by atoms with Crippen LogP contribution in [0.1, 0.15) is 57.7 Å². The lowest BCUT2D eigenvalue weighted by molar-refractivity contribution is -0.140. The average molecular weight is 495 g/mol. The molecule has 7 nitrogen and oxygen atoms in total. The van der Waals surface area contributed by atoms with E-state index in [0.29, 0.717) is 48.8 Å². The van der Waals surface area contributed by atoms with Gasteiger partial charge in [0.15, 0.2) is 11.5 Å². The molecule has 1 atom stereocenters. The summed E-state index contributed by atoms with van der Waals surface area (Å²) >= 11 is 0. The van der Waals surface area contributed by atoms with Crippen molar-refractivity contribution >= 4 is 17.4 Å². The summed E-state index contributed by atoms with van der Waals surface area (Å²) in [6, 6.07) is 13.6. The fourth-order valence-electron chi connectivity index (χ4n) is 4.51. The summed E-state index contributed by atoms with van der Waals surface area (Å²) < 4.78 is 11.7. The minimum Gasteiger partial charge on any atom is -0.507 e. The van der Waals surface area contributed by atoms with Crippen LogP contribution in [0.15, 0.2) is 54.1 Å². The van der Waals surface area contributed by atoms with Gasteiger partial charge >= 0.3 is 0 Å². The fourth-order valence-corrected chi connectivity index (χ4v) is 4.51. The molecule has 0 radical (unpaired) electrons. The molecule has 1 heterocycles. The summed E-state index contributed by atoms with van der Waals surface area (Å²) in [5.41, 5.74) is 1.29. The van der Waals surface area contributed by atoms with Crippen molar-refractivity contribution < 1.29 is 24.2 Å². The first-order chi connectivity index (χ1) is 17.5. The number of carbonyl (C=O) groups excluding carboxylic acids is 2. The number of aliphatic hydroxyl groups is 1. The maximum Gasteiger partial charge on any atom is 0.295 e. The van der Waals surface area contributed by atoms with Gasteiger partial charge in [-0.1, -0.05) is 57.2 Å². The number of likely N-dealkylation sites (tertiary alicyclic amines) is 1. The number of nitrogens with zero attached hydrogens (tertiary/aromatic N) is 2. The molecule has 1 N–H and O–H groups in total. The van der Waals surface area contributed by atoms with Crippen LogP contribution in [-0.4, -0.2) is 66.0 Å². The third kappa shape index (κ3) is 6.08. The maximum absolute atomic E-state index is 13.3. The Morgan fingerprint density at radius 2 is 1.69 bits per heavy atom. The summed E-state index contributed by atoms with van der Waals surface area (Å²) in [6.07, 6.45) is 1.57. The SMILES string of the molecule is CCCOc1ccc(C2/C(=C(\O)c3ccccc3)C(=O)C(=O)N2CCCN(CC)CC)cc1OCC. The van der Waals surface area contributed by atoms with E-state index in [1.165, 1.54) is 0 Å². The van der Waals surface area contributed by atoms with Crippen LogP contribution in [0, 0.1) is 0 Å². The Kier molecular flexibility index (Phi) is 9.94. The van der Waals surface area contributed by atoms with E-state index in [4.69, 9.17) is 9.47 Å². The summed E-state index contributed by atoms with van der Waals surface area (Å²) in [5, 5.41) is 11.2. The number of hydrogen-bond donors (Lipinski definition) is 1. The highest BCUT2D eigenvalue weighted by Gasteiger charge is 2.46. The van der Waals surface area contributed by atoms with Gasteiger partial charge in [-0.25, -0.2) is 0 Å². The van der Waals surface area contributed by atoms with Crippen molar-refractivity contribution in [3.8, 4) is 11.5 Å². The van der Waals surface area contributed by atoms with Gasteiger partial charge in [-0.3, -0.25) is 9.59 Å². The van der Waals surface area contributed by atoms with E-state index in [2.05, 4.69) is 18.7 Å². The molecule has 3 rings (SSSR count). The fraction of sp³-hybridized carbons (Fsp3) is 0.448. The van der Waals surface area contributed by atoms with Crippen molar-refractivity contribution in [3.05, 3.63) is 65.2 Å². The van der Waals surface area contributed by atoms with E-state index in [0.717, 1.165) is 26.1 Å². The smallest absolute Gasteiger partial charge is 0.295 e. The van der Waals surface area contributed by atoms with Crippen LogP contribution in [0.5, 0.6) is 11.5 Å². The van der Waals surface area contributed by atoms with E-state index in [1.54, 1.807) is 29.2 Å². The molecular weight excluding hydrogens is 456 g/mol. The number of ketones is 1. The van der Waals surface area contributed by atoms with Gasteiger partial charge in [0.2, 0.25) is 0 Å². The zero-order chi connectivity index (χ0) is 26.1. The molecule has 1 aliphatic rings. The highest BCUT2D eigenvalue weighted by molar-refractivity contribution is 6.46. The van der Waals surface area contributed by atoms with Gasteiger partial charge in [0, 0.05) is 12.1 Å². The number of benzene rings is 2. The number of Topliss-reactive ketones (excluding diaryl/α,β-unsaturated/α-hetero) is 1. The first-order valence-corrected chi connectivity index (χ1v) is 12.9. The quantitative estimate of drug-likeness (QED) is 0.239. The van der Waals surface area contributed by atoms with Gasteiger partial charge < -0.3 is 24.4 Å². The Bertz CT molecular complexity index is 1060. The topological polar surface area (TPSA) is 79.3 Å². The second kappa shape index (κ2) is 13.1. The van der Waals surface area contributed by atoms with E-state index in [-0.39, 0.29) is 11.3 Å². The molecular formula is C29H38N2O5. The largest absolute Gasteiger partial charge is 0.507 e. The molecule has 1 fully saturated rings. The zero-order valence-electron chi connectivity index (χ0n) is 21.8. The number of carbonyl (C=O) groups is 2. The Balaban J connectivity index is 2.07. The minimum absolute atomic E-state index is 0.0960. The van der Waals surface area contributed by atoms with Gasteiger partial charge in [0.25, 0.3) is 11.7 Å². The second-order valence-electron chi connectivity index (χ2n) is 8.73. The lowest BCUT2D eigenvalue weighted by Gasteiger charge is -2.27. The molecule has 0 saturated carbocycles. The Morgan fingerprint density at radius 1 is 0.972 bits per heavy atom. The van der Waals surface area contributed by atoms with Gasteiger partial charge in [0.05, 0.1) is 24.8 Å². The summed E-state index contributed by atoms with van der Waals surface area (Å²) in [7, 11) is 0. The van der Waals surface area contributed by atoms with E-state index >= 15 is 0 Å². The zero-order valence-corrected chi connectivity index (χ0v) is 21.8. The highest BCUT2D eigenvalue weighted by Crippen LogP contribution is 2.42. The normalized spacial score (nSPS) is 17.1. The lowest BCUT2D eigenvalue weighted by atomic mass is 9.95. The van der Waals surface area contributed by atoms with Crippen molar-refractivity contribution in [3.63, 3.8) is 0 Å². The molecule has 1 amide bonds. The molecule has 36 heavy (non-hydrogen) atoms. The van der Waals surface area contributed by atoms with Crippen molar-refractivity contribution in [2.45, 2.75) is 46.6 Å². The number of ether oxygens (including phenoxy) is 2. The molecule has 0 aromatic heterocycles. The predicted molar refractivity (Wildman–Crippen MR) is 141 cm³/mol. The molecule has 194 valence electrons. The number of amides is 1. The van der Waals surface area contributed by atoms with Crippen molar-refractivity contribution in [1.82, 2.24) is 9.80 Å². The predicted octanol–water partition coefficient (Wildman–Crippen LogP) is 5.03. The first kappa shape index (κ1) is 27.3. The third-order valence-corrected chi connectivity index (χ3v) is 6.40. The lowest BCUT2D eigenvalue weighted by Crippen LogP contribution is -2.33. The van der Waals surface area contributed by atoms with Crippen molar-refractivity contribution in [1.29, 1.82) is 0 Å². The van der Waals surface area contributed by atoms with Crippen molar-refractivity contribution in [2.24, 2.45) is 0 Å². The van der Waals surface area contributed by atoms with Crippen LogP contribution >= 0.6 is 0 Å². The van der Waals surface area contributed by atoms with Crippen LogP contribution < -0.4 is 9.47 Å². The Hall–Kier alpha value is -3.32. The standard InChI is InChI=1S/C29H38N2O5/c1-5-19-36-23-16-15-22(20-24(23)35-8-4)26-25(27(32)21-13-10-9-11-14-21)28(33)29(34)31(26)18-12-17-30(6-2)7-3/h9-11,13-16,20,26,32H,5-8,12,17-19H2,1-4H3/b27-25+. The minimum atomic E-state index is -0.721. The molecule has 7 heteroatoms. The van der Waals surface area contributed by atoms with Gasteiger partial charge in [0.1, 0.15) is 5.76 Å². The molecule has 1 unspecified atom stereocenters. The second-order valence-corrected chi connectivity index (χ2v) is 8.73. The molecule has 1 saturated heterocycles. The summed E-state index contributed by atoms with van der Waals surface area (Å²) in [4.78, 5) is 30.4. The van der Waals surface area contributed by atoms with E-state index < -0.39 is 17.7 Å². The first-order valence-electron chi connectivity index (χ1n) is 12.9. The summed E-state index contributed by atoms with van der Waals surface area (Å²) in [5.74, 6) is -0.273. The molecule has 0 spiro atoms. The van der Waals surface area contributed by atoms with Crippen LogP contribution in [0.4, 0.5) is 0 Å².